The van der Waals surface area contributed by atoms with Crippen molar-refractivity contribution < 1.29 is 14.4 Å². The third-order valence-corrected chi connectivity index (χ3v) is 3.13. The number of amides is 2. The van der Waals surface area contributed by atoms with Crippen molar-refractivity contribution in [2.45, 2.75) is 26.4 Å². The molecule has 1 atom stereocenters. The van der Waals surface area contributed by atoms with Crippen molar-refractivity contribution in [3.63, 3.8) is 0 Å². The molecule has 1 aromatic carbocycles. The molecule has 1 heterocycles. The van der Waals surface area contributed by atoms with Gasteiger partial charge in [0.05, 0.1) is 6.10 Å². The van der Waals surface area contributed by atoms with Crippen LogP contribution in [0.25, 0.3) is 11.4 Å². The van der Waals surface area contributed by atoms with E-state index < -0.39 is 6.10 Å². The first-order valence-electron chi connectivity index (χ1n) is 7.06. The molecule has 2 N–H and O–H groups in total. The predicted molar refractivity (Wildman–Crippen MR) is 82.4 cm³/mol. The number of nitrogens with one attached hydrogen (secondary N) is 1. The lowest BCUT2D eigenvalue weighted by Gasteiger charge is -2.18. The highest BCUT2D eigenvalue weighted by atomic mass is 16.5. The summed E-state index contributed by atoms with van der Waals surface area (Å²) in [7, 11) is 1.68. The maximum atomic E-state index is 12.1. The first-order valence-corrected chi connectivity index (χ1v) is 7.06. The zero-order valence-corrected chi connectivity index (χ0v) is 12.9. The van der Waals surface area contributed by atoms with Crippen molar-refractivity contribution in [3.8, 4) is 11.4 Å². The van der Waals surface area contributed by atoms with Crippen LogP contribution < -0.4 is 5.32 Å². The predicted octanol–water partition coefficient (Wildman–Crippen LogP) is 2.28. The van der Waals surface area contributed by atoms with E-state index in [1.807, 2.05) is 12.1 Å². The van der Waals surface area contributed by atoms with Crippen LogP contribution in [0.15, 0.2) is 28.8 Å². The van der Waals surface area contributed by atoms with Gasteiger partial charge in [-0.25, -0.2) is 4.79 Å². The largest absolute Gasteiger partial charge is 0.393 e. The van der Waals surface area contributed by atoms with Crippen LogP contribution in [0, 0.1) is 6.92 Å². The third kappa shape index (κ3) is 4.29. The quantitative estimate of drug-likeness (QED) is 0.884. The molecule has 0 aliphatic carbocycles. The molecule has 7 nitrogen and oxygen atoms in total. The second kappa shape index (κ2) is 7.04. The summed E-state index contributed by atoms with van der Waals surface area (Å²) < 4.78 is 4.95. The van der Waals surface area contributed by atoms with Gasteiger partial charge in [-0.15, -0.1) is 0 Å². The van der Waals surface area contributed by atoms with E-state index in [0.29, 0.717) is 30.4 Å². The number of aliphatic hydroxyl groups excluding tert-OH is 1. The fourth-order valence-electron chi connectivity index (χ4n) is 1.85. The Morgan fingerprint density at radius 1 is 1.50 bits per heavy atom. The summed E-state index contributed by atoms with van der Waals surface area (Å²) >= 11 is 0. The number of anilines is 1. The van der Waals surface area contributed by atoms with Crippen LogP contribution in [0.2, 0.25) is 0 Å². The molecule has 0 bridgehead atoms. The van der Waals surface area contributed by atoms with E-state index in [1.54, 1.807) is 33.0 Å². The molecule has 118 valence electrons. The second-order valence-electron chi connectivity index (χ2n) is 5.21. The van der Waals surface area contributed by atoms with Gasteiger partial charge in [-0.2, -0.15) is 4.98 Å². The van der Waals surface area contributed by atoms with Gasteiger partial charge in [0.25, 0.3) is 0 Å². The summed E-state index contributed by atoms with van der Waals surface area (Å²) in [5.74, 6) is 0.971. The fraction of sp³-hybridized carbons (Fsp3) is 0.400. The summed E-state index contributed by atoms with van der Waals surface area (Å²) in [4.78, 5) is 17.7. The highest BCUT2D eigenvalue weighted by Gasteiger charge is 2.11. The highest BCUT2D eigenvalue weighted by molar-refractivity contribution is 5.89. The van der Waals surface area contributed by atoms with Gasteiger partial charge in [0.15, 0.2) is 0 Å². The Morgan fingerprint density at radius 3 is 2.91 bits per heavy atom. The Kier molecular flexibility index (Phi) is 5.11. The van der Waals surface area contributed by atoms with Crippen molar-refractivity contribution >= 4 is 11.7 Å². The van der Waals surface area contributed by atoms with Crippen LogP contribution >= 0.6 is 0 Å². The zero-order valence-electron chi connectivity index (χ0n) is 12.9. The van der Waals surface area contributed by atoms with E-state index in [9.17, 15) is 9.90 Å². The van der Waals surface area contributed by atoms with Crippen LogP contribution in [-0.4, -0.2) is 45.9 Å². The van der Waals surface area contributed by atoms with Crippen molar-refractivity contribution in [2.24, 2.45) is 0 Å². The van der Waals surface area contributed by atoms with Gasteiger partial charge in [-0.1, -0.05) is 17.3 Å². The van der Waals surface area contributed by atoms with E-state index in [-0.39, 0.29) is 6.03 Å². The lowest BCUT2D eigenvalue weighted by atomic mass is 10.2. The number of carbonyl (C=O) groups is 1. The molecule has 0 aliphatic rings. The van der Waals surface area contributed by atoms with Gasteiger partial charge >= 0.3 is 6.03 Å². The molecule has 2 aromatic rings. The molecular formula is C15H20N4O3. The Morgan fingerprint density at radius 2 is 2.27 bits per heavy atom. The maximum Gasteiger partial charge on any atom is 0.321 e. The molecular weight excluding hydrogens is 284 g/mol. The Balaban J connectivity index is 2.02. The van der Waals surface area contributed by atoms with Gasteiger partial charge in [-0.3, -0.25) is 0 Å². The number of rotatable bonds is 5. The standard InChI is InChI=1S/C15H20N4O3/c1-10(20)7-8-19(3)15(21)17-13-6-4-5-12(9-13)14-16-11(2)22-18-14/h4-6,9-10,20H,7-8H2,1-3H3,(H,17,21). The van der Waals surface area contributed by atoms with Crippen LogP contribution in [0.5, 0.6) is 0 Å². The molecule has 2 rings (SSSR count). The summed E-state index contributed by atoms with van der Waals surface area (Å²) in [6.45, 7) is 3.90. The number of aryl methyl sites for hydroxylation is 1. The van der Waals surface area contributed by atoms with E-state index in [4.69, 9.17) is 4.52 Å². The molecule has 2 amide bonds. The first kappa shape index (κ1) is 16.0. The lowest BCUT2D eigenvalue weighted by molar-refractivity contribution is 0.167. The van der Waals surface area contributed by atoms with Crippen molar-refractivity contribution in [2.75, 3.05) is 18.9 Å². The van der Waals surface area contributed by atoms with Gasteiger partial charge < -0.3 is 19.8 Å². The first-order chi connectivity index (χ1) is 10.5. The number of aromatic nitrogens is 2. The van der Waals surface area contributed by atoms with Crippen LogP contribution in [-0.2, 0) is 0 Å². The Bertz CT molecular complexity index is 639. The van der Waals surface area contributed by atoms with Crippen LogP contribution in [0.3, 0.4) is 0 Å². The third-order valence-electron chi connectivity index (χ3n) is 3.13. The number of carbonyl (C=O) groups excluding carboxylic acids is 1. The van der Waals surface area contributed by atoms with Crippen LogP contribution in [0.1, 0.15) is 19.2 Å². The summed E-state index contributed by atoms with van der Waals surface area (Å²) in [5.41, 5.74) is 1.41. The van der Waals surface area contributed by atoms with E-state index in [1.165, 1.54) is 4.90 Å². The number of hydrogen-bond acceptors (Lipinski definition) is 5. The molecule has 0 radical (unpaired) electrons. The number of nitrogens with zero attached hydrogens (tertiary/aromatic N) is 3. The van der Waals surface area contributed by atoms with Gasteiger partial charge in [-0.05, 0) is 25.5 Å². The molecule has 22 heavy (non-hydrogen) atoms. The number of hydrogen-bond donors (Lipinski definition) is 2. The van der Waals surface area contributed by atoms with Gasteiger partial charge in [0.2, 0.25) is 11.7 Å². The van der Waals surface area contributed by atoms with Crippen molar-refractivity contribution in [1.82, 2.24) is 15.0 Å². The minimum atomic E-state index is -0.431. The molecule has 0 saturated carbocycles. The average Bonchev–Trinajstić information content (AvgIpc) is 2.91. The molecule has 0 saturated heterocycles. The Labute approximate surface area is 128 Å². The number of urea groups is 1. The minimum Gasteiger partial charge on any atom is -0.393 e. The SMILES string of the molecule is Cc1nc(-c2cccc(NC(=O)N(C)CCC(C)O)c2)no1. The van der Waals surface area contributed by atoms with Gasteiger partial charge in [0, 0.05) is 31.8 Å². The molecule has 0 fully saturated rings. The van der Waals surface area contributed by atoms with E-state index >= 15 is 0 Å². The fourth-order valence-corrected chi connectivity index (χ4v) is 1.85. The topological polar surface area (TPSA) is 91.5 Å². The van der Waals surface area contributed by atoms with E-state index in [2.05, 4.69) is 15.5 Å². The lowest BCUT2D eigenvalue weighted by Crippen LogP contribution is -2.33. The summed E-state index contributed by atoms with van der Waals surface area (Å²) in [6, 6.07) is 6.99. The smallest absolute Gasteiger partial charge is 0.321 e. The molecule has 1 unspecified atom stereocenters. The summed E-state index contributed by atoms with van der Waals surface area (Å²) in [5, 5.41) is 15.9. The van der Waals surface area contributed by atoms with Crippen molar-refractivity contribution in [3.05, 3.63) is 30.2 Å². The van der Waals surface area contributed by atoms with Gasteiger partial charge in [0.1, 0.15) is 0 Å². The van der Waals surface area contributed by atoms with Crippen LogP contribution in [0.4, 0.5) is 10.5 Å². The van der Waals surface area contributed by atoms with Crippen molar-refractivity contribution in [1.29, 1.82) is 0 Å². The second-order valence-corrected chi connectivity index (χ2v) is 5.21. The maximum absolute atomic E-state index is 12.1. The Hall–Kier alpha value is -2.41. The van der Waals surface area contributed by atoms with E-state index in [0.717, 1.165) is 5.56 Å². The minimum absolute atomic E-state index is 0.234. The number of aliphatic hydroxyl groups is 1. The number of benzene rings is 1. The highest BCUT2D eigenvalue weighted by Crippen LogP contribution is 2.20. The molecule has 0 spiro atoms. The normalized spacial score (nSPS) is 12.0. The molecule has 7 heteroatoms. The zero-order chi connectivity index (χ0) is 16.1. The monoisotopic (exact) mass is 304 g/mol. The molecule has 1 aromatic heterocycles. The molecule has 0 aliphatic heterocycles. The summed E-state index contributed by atoms with van der Waals surface area (Å²) in [6.07, 6.45) is 0.103. The average molecular weight is 304 g/mol.